The quantitative estimate of drug-likeness (QED) is 0.533. The molecule has 28 heavy (non-hydrogen) atoms. The molecule has 4 aromatic rings. The molecule has 2 heterocycles. The van der Waals surface area contributed by atoms with Gasteiger partial charge >= 0.3 is 5.97 Å². The Morgan fingerprint density at radius 3 is 2.50 bits per heavy atom. The first-order valence-corrected chi connectivity index (χ1v) is 8.80. The van der Waals surface area contributed by atoms with Gasteiger partial charge in [0.15, 0.2) is 0 Å². The Hall–Kier alpha value is -3.93. The van der Waals surface area contributed by atoms with E-state index in [4.69, 9.17) is 5.10 Å². The number of benzene rings is 2. The summed E-state index contributed by atoms with van der Waals surface area (Å²) < 4.78 is 1.78. The number of aromatic nitrogens is 3. The summed E-state index contributed by atoms with van der Waals surface area (Å²) in [5.74, 6) is -0.139. The molecule has 0 spiro atoms. The molecule has 0 bridgehead atoms. The van der Waals surface area contributed by atoms with Crippen LogP contribution in [0.25, 0.3) is 16.9 Å². The summed E-state index contributed by atoms with van der Waals surface area (Å²) in [4.78, 5) is 15.7. The number of hydrogen-bond acceptors (Lipinski definition) is 4. The van der Waals surface area contributed by atoms with Gasteiger partial charge in [-0.25, -0.2) is 14.5 Å². The van der Waals surface area contributed by atoms with E-state index < -0.39 is 5.97 Å². The van der Waals surface area contributed by atoms with Crippen molar-refractivity contribution in [2.45, 2.75) is 6.92 Å². The molecule has 2 aromatic carbocycles. The average Bonchev–Trinajstić information content (AvgIpc) is 3.13. The zero-order valence-electron chi connectivity index (χ0n) is 15.2. The van der Waals surface area contributed by atoms with Gasteiger partial charge in [0.05, 0.1) is 11.4 Å². The largest absolute Gasteiger partial charge is 0.478 e. The third-order valence-corrected chi connectivity index (χ3v) is 4.41. The number of nitrogens with zero attached hydrogens (tertiary/aromatic N) is 3. The summed E-state index contributed by atoms with van der Waals surface area (Å²) in [6, 6.07) is 22.7. The number of carboxylic acid groups (broad SMARTS) is 1. The molecule has 0 radical (unpaired) electrons. The molecule has 0 aliphatic rings. The van der Waals surface area contributed by atoms with Crippen LogP contribution in [0.15, 0.2) is 79.0 Å². The molecular weight excluding hydrogens is 352 g/mol. The molecule has 0 saturated carbocycles. The Bertz CT molecular complexity index is 1140. The van der Waals surface area contributed by atoms with Crippen LogP contribution in [0.1, 0.15) is 15.9 Å². The van der Waals surface area contributed by atoms with Gasteiger partial charge in [-0.2, -0.15) is 5.10 Å². The van der Waals surface area contributed by atoms with Crippen LogP contribution >= 0.6 is 0 Å². The van der Waals surface area contributed by atoms with E-state index in [1.165, 1.54) is 6.07 Å². The summed E-state index contributed by atoms with van der Waals surface area (Å²) in [5.41, 5.74) is 3.80. The monoisotopic (exact) mass is 370 g/mol. The van der Waals surface area contributed by atoms with Crippen molar-refractivity contribution in [3.63, 3.8) is 0 Å². The maximum atomic E-state index is 11.5. The number of anilines is 2. The van der Waals surface area contributed by atoms with Gasteiger partial charge in [0.2, 0.25) is 0 Å². The summed E-state index contributed by atoms with van der Waals surface area (Å²) in [6.45, 7) is 2.01. The molecule has 0 saturated heterocycles. The van der Waals surface area contributed by atoms with E-state index in [1.54, 1.807) is 16.9 Å². The Kier molecular flexibility index (Phi) is 4.60. The molecule has 2 N–H and O–H groups in total. The number of carboxylic acids is 1. The van der Waals surface area contributed by atoms with Gasteiger partial charge < -0.3 is 10.4 Å². The summed E-state index contributed by atoms with van der Waals surface area (Å²) >= 11 is 0. The Morgan fingerprint density at radius 2 is 1.75 bits per heavy atom. The van der Waals surface area contributed by atoms with Crippen LogP contribution in [0.5, 0.6) is 0 Å². The lowest BCUT2D eigenvalue weighted by Gasteiger charge is -2.12. The van der Waals surface area contributed by atoms with E-state index in [9.17, 15) is 9.90 Å². The van der Waals surface area contributed by atoms with Crippen LogP contribution in [-0.4, -0.2) is 25.8 Å². The lowest BCUT2D eigenvalue weighted by molar-refractivity contribution is 0.0697. The van der Waals surface area contributed by atoms with E-state index in [0.29, 0.717) is 5.82 Å². The van der Waals surface area contributed by atoms with Crippen molar-refractivity contribution in [1.29, 1.82) is 0 Å². The van der Waals surface area contributed by atoms with Gasteiger partial charge in [0.25, 0.3) is 0 Å². The molecule has 6 heteroatoms. The minimum atomic E-state index is -1.04. The molecule has 4 rings (SSSR count). The van der Waals surface area contributed by atoms with Gasteiger partial charge in [0.1, 0.15) is 17.2 Å². The van der Waals surface area contributed by atoms with Gasteiger partial charge in [-0.05, 0) is 30.7 Å². The molecule has 0 amide bonds. The van der Waals surface area contributed by atoms with Gasteiger partial charge in [0, 0.05) is 17.8 Å². The molecule has 0 fully saturated rings. The van der Waals surface area contributed by atoms with Crippen LogP contribution in [0.2, 0.25) is 0 Å². The van der Waals surface area contributed by atoms with Crippen LogP contribution in [-0.2, 0) is 0 Å². The normalized spacial score (nSPS) is 10.6. The standard InChI is InChI=1S/C22H18N4O2/c1-15-8-5-6-12-19(15)26-20(14-18(25-26)16-9-3-2-4-10-16)24-21-17(22(27)28)11-7-13-23-21/h2-14H,1H3,(H,23,24)(H,27,28). The number of para-hydroxylation sites is 1. The first-order valence-electron chi connectivity index (χ1n) is 8.80. The van der Waals surface area contributed by atoms with Crippen molar-refractivity contribution < 1.29 is 9.90 Å². The zero-order valence-corrected chi connectivity index (χ0v) is 15.2. The van der Waals surface area contributed by atoms with E-state index in [0.717, 1.165) is 22.5 Å². The van der Waals surface area contributed by atoms with Crippen LogP contribution in [0, 0.1) is 6.92 Å². The van der Waals surface area contributed by atoms with E-state index in [1.807, 2.05) is 67.6 Å². The number of pyridine rings is 1. The minimum Gasteiger partial charge on any atom is -0.478 e. The molecule has 0 unspecified atom stereocenters. The topological polar surface area (TPSA) is 80.0 Å². The number of aromatic carboxylic acids is 1. The third kappa shape index (κ3) is 3.35. The number of carbonyl (C=O) groups is 1. The highest BCUT2D eigenvalue weighted by Crippen LogP contribution is 2.28. The molecule has 0 atom stereocenters. The second kappa shape index (κ2) is 7.36. The zero-order chi connectivity index (χ0) is 19.5. The molecule has 6 nitrogen and oxygen atoms in total. The van der Waals surface area contributed by atoms with Crippen LogP contribution in [0.4, 0.5) is 11.6 Å². The van der Waals surface area contributed by atoms with Crippen molar-refractivity contribution in [2.75, 3.05) is 5.32 Å². The smallest absolute Gasteiger partial charge is 0.339 e. The number of rotatable bonds is 5. The fourth-order valence-electron chi connectivity index (χ4n) is 3.00. The van der Waals surface area contributed by atoms with Crippen molar-refractivity contribution in [3.8, 4) is 16.9 Å². The average molecular weight is 370 g/mol. The highest BCUT2D eigenvalue weighted by Gasteiger charge is 2.16. The first kappa shape index (κ1) is 17.5. The highest BCUT2D eigenvalue weighted by molar-refractivity contribution is 5.93. The molecular formula is C22H18N4O2. The third-order valence-electron chi connectivity index (χ3n) is 4.41. The Morgan fingerprint density at radius 1 is 1.00 bits per heavy atom. The Labute approximate surface area is 162 Å². The predicted molar refractivity (Wildman–Crippen MR) is 108 cm³/mol. The maximum Gasteiger partial charge on any atom is 0.339 e. The van der Waals surface area contributed by atoms with E-state index >= 15 is 0 Å². The van der Waals surface area contributed by atoms with Crippen molar-refractivity contribution in [1.82, 2.24) is 14.8 Å². The SMILES string of the molecule is Cc1ccccc1-n1nc(-c2ccccc2)cc1Nc1ncccc1C(=O)O. The van der Waals surface area contributed by atoms with E-state index in [-0.39, 0.29) is 11.4 Å². The second-order valence-electron chi connectivity index (χ2n) is 6.31. The van der Waals surface area contributed by atoms with Crippen LogP contribution < -0.4 is 5.32 Å². The molecule has 138 valence electrons. The minimum absolute atomic E-state index is 0.0984. The molecule has 2 aromatic heterocycles. The number of aryl methyl sites for hydroxylation is 1. The van der Waals surface area contributed by atoms with Crippen molar-refractivity contribution >= 4 is 17.6 Å². The van der Waals surface area contributed by atoms with Gasteiger partial charge in [-0.15, -0.1) is 0 Å². The summed E-state index contributed by atoms with van der Waals surface area (Å²) in [6.07, 6.45) is 1.56. The fraction of sp³-hybridized carbons (Fsp3) is 0.0455. The van der Waals surface area contributed by atoms with Crippen LogP contribution in [0.3, 0.4) is 0 Å². The number of hydrogen-bond donors (Lipinski definition) is 2. The fourth-order valence-corrected chi connectivity index (χ4v) is 3.00. The summed E-state index contributed by atoms with van der Waals surface area (Å²) in [5, 5.41) is 17.4. The van der Waals surface area contributed by atoms with Gasteiger partial charge in [-0.3, -0.25) is 0 Å². The van der Waals surface area contributed by atoms with E-state index in [2.05, 4.69) is 10.3 Å². The molecule has 0 aliphatic heterocycles. The number of nitrogens with one attached hydrogen (secondary N) is 1. The lowest BCUT2D eigenvalue weighted by Crippen LogP contribution is -2.08. The second-order valence-corrected chi connectivity index (χ2v) is 6.31. The summed E-state index contributed by atoms with van der Waals surface area (Å²) in [7, 11) is 0. The first-order chi connectivity index (χ1) is 13.6. The predicted octanol–water partition coefficient (Wildman–Crippen LogP) is 4.68. The lowest BCUT2D eigenvalue weighted by atomic mass is 10.1. The van der Waals surface area contributed by atoms with Crippen molar-refractivity contribution in [2.24, 2.45) is 0 Å². The Balaban J connectivity index is 1.85. The highest BCUT2D eigenvalue weighted by atomic mass is 16.4. The van der Waals surface area contributed by atoms with Gasteiger partial charge in [-0.1, -0.05) is 48.5 Å². The van der Waals surface area contributed by atoms with Crippen molar-refractivity contribution in [3.05, 3.63) is 90.1 Å². The molecule has 0 aliphatic carbocycles. The maximum absolute atomic E-state index is 11.5.